The van der Waals surface area contributed by atoms with Crippen molar-refractivity contribution in [2.24, 2.45) is 7.05 Å². The van der Waals surface area contributed by atoms with E-state index < -0.39 is 0 Å². The standard InChI is InChI=1S/C10H14N6/c1-16-7-14-15-10(16)3-5-13-9-2-4-12-6-8(9)11/h2,4,6-7H,3,5,11H2,1H3,(H,12,13). The van der Waals surface area contributed by atoms with Crippen molar-refractivity contribution in [1.82, 2.24) is 19.7 Å². The second-order valence-electron chi connectivity index (χ2n) is 3.50. The predicted octanol–water partition coefficient (Wildman–Crippen LogP) is 0.447. The molecule has 2 heterocycles. The lowest BCUT2D eigenvalue weighted by Crippen LogP contribution is -2.09. The Morgan fingerprint density at radius 1 is 1.50 bits per heavy atom. The zero-order chi connectivity index (χ0) is 11.4. The van der Waals surface area contributed by atoms with E-state index in [1.807, 2.05) is 17.7 Å². The van der Waals surface area contributed by atoms with Gasteiger partial charge in [0, 0.05) is 26.2 Å². The lowest BCUT2D eigenvalue weighted by molar-refractivity contribution is 0.788. The van der Waals surface area contributed by atoms with Gasteiger partial charge in [-0.1, -0.05) is 0 Å². The quantitative estimate of drug-likeness (QED) is 0.778. The Morgan fingerprint density at radius 3 is 3.06 bits per heavy atom. The minimum atomic E-state index is 0.653. The largest absolute Gasteiger partial charge is 0.396 e. The van der Waals surface area contributed by atoms with E-state index in [1.165, 1.54) is 0 Å². The maximum absolute atomic E-state index is 5.75. The topological polar surface area (TPSA) is 81.7 Å². The number of nitrogens with two attached hydrogens (primary N) is 1. The Morgan fingerprint density at radius 2 is 2.38 bits per heavy atom. The molecule has 0 amide bonds. The zero-order valence-electron chi connectivity index (χ0n) is 9.09. The highest BCUT2D eigenvalue weighted by Crippen LogP contribution is 2.14. The van der Waals surface area contributed by atoms with E-state index >= 15 is 0 Å². The van der Waals surface area contributed by atoms with Gasteiger partial charge in [0.1, 0.15) is 12.2 Å². The summed E-state index contributed by atoms with van der Waals surface area (Å²) in [7, 11) is 1.93. The van der Waals surface area contributed by atoms with Gasteiger partial charge >= 0.3 is 0 Å². The van der Waals surface area contributed by atoms with Crippen molar-refractivity contribution in [2.75, 3.05) is 17.6 Å². The molecule has 2 rings (SSSR count). The van der Waals surface area contributed by atoms with E-state index in [4.69, 9.17) is 5.73 Å². The molecule has 0 spiro atoms. The highest BCUT2D eigenvalue weighted by molar-refractivity contribution is 5.64. The van der Waals surface area contributed by atoms with Crippen molar-refractivity contribution in [3.63, 3.8) is 0 Å². The normalized spacial score (nSPS) is 10.3. The molecule has 3 N–H and O–H groups in total. The molecule has 0 aliphatic carbocycles. The first-order valence-electron chi connectivity index (χ1n) is 5.03. The van der Waals surface area contributed by atoms with Gasteiger partial charge in [-0.25, -0.2) is 0 Å². The van der Waals surface area contributed by atoms with Crippen molar-refractivity contribution >= 4 is 11.4 Å². The minimum absolute atomic E-state index is 0.653. The van der Waals surface area contributed by atoms with Crippen molar-refractivity contribution in [1.29, 1.82) is 0 Å². The molecule has 0 aliphatic rings. The molecule has 0 bridgehead atoms. The Kier molecular flexibility index (Phi) is 3.00. The first-order valence-corrected chi connectivity index (χ1v) is 5.03. The van der Waals surface area contributed by atoms with E-state index in [0.29, 0.717) is 5.69 Å². The number of nitrogens with one attached hydrogen (secondary N) is 1. The average molecular weight is 218 g/mol. The molecule has 0 aromatic carbocycles. The van der Waals surface area contributed by atoms with Crippen LogP contribution in [0.1, 0.15) is 5.82 Å². The zero-order valence-corrected chi connectivity index (χ0v) is 9.09. The van der Waals surface area contributed by atoms with Crippen molar-refractivity contribution in [3.8, 4) is 0 Å². The van der Waals surface area contributed by atoms with Crippen LogP contribution in [0.3, 0.4) is 0 Å². The van der Waals surface area contributed by atoms with Crippen LogP contribution in [0.2, 0.25) is 0 Å². The van der Waals surface area contributed by atoms with Crippen LogP contribution in [0, 0.1) is 0 Å². The molecule has 16 heavy (non-hydrogen) atoms. The fourth-order valence-corrected chi connectivity index (χ4v) is 1.41. The van der Waals surface area contributed by atoms with Crippen molar-refractivity contribution in [2.45, 2.75) is 6.42 Å². The van der Waals surface area contributed by atoms with Crippen LogP contribution in [-0.4, -0.2) is 26.3 Å². The summed E-state index contributed by atoms with van der Waals surface area (Å²) >= 11 is 0. The first-order chi connectivity index (χ1) is 7.77. The summed E-state index contributed by atoms with van der Waals surface area (Å²) in [5, 5.41) is 11.0. The van der Waals surface area contributed by atoms with Crippen LogP contribution in [-0.2, 0) is 13.5 Å². The maximum Gasteiger partial charge on any atom is 0.134 e. The van der Waals surface area contributed by atoms with Gasteiger partial charge in [-0.2, -0.15) is 0 Å². The molecule has 0 aliphatic heterocycles. The summed E-state index contributed by atoms with van der Waals surface area (Å²) in [5.41, 5.74) is 7.31. The number of hydrogen-bond acceptors (Lipinski definition) is 5. The summed E-state index contributed by atoms with van der Waals surface area (Å²) in [6.45, 7) is 0.765. The van der Waals surface area contributed by atoms with Gasteiger partial charge in [-0.15, -0.1) is 10.2 Å². The average Bonchev–Trinajstić information content (AvgIpc) is 2.67. The van der Waals surface area contributed by atoms with Gasteiger partial charge < -0.3 is 15.6 Å². The highest BCUT2D eigenvalue weighted by Gasteiger charge is 2.01. The second kappa shape index (κ2) is 4.61. The van der Waals surface area contributed by atoms with E-state index in [2.05, 4.69) is 20.5 Å². The van der Waals surface area contributed by atoms with Crippen molar-refractivity contribution < 1.29 is 0 Å². The number of aromatic nitrogens is 4. The van der Waals surface area contributed by atoms with Crippen LogP contribution in [0.4, 0.5) is 11.4 Å². The summed E-state index contributed by atoms with van der Waals surface area (Å²) in [6, 6.07) is 1.85. The van der Waals surface area contributed by atoms with E-state index in [1.54, 1.807) is 18.7 Å². The Bertz CT molecular complexity index is 464. The number of nitrogens with zero attached hydrogens (tertiary/aromatic N) is 4. The van der Waals surface area contributed by atoms with Gasteiger partial charge in [0.15, 0.2) is 0 Å². The molecular weight excluding hydrogens is 204 g/mol. The third-order valence-electron chi connectivity index (χ3n) is 2.32. The lowest BCUT2D eigenvalue weighted by Gasteiger charge is -2.07. The highest BCUT2D eigenvalue weighted by atomic mass is 15.2. The number of pyridine rings is 1. The van der Waals surface area contributed by atoms with E-state index in [-0.39, 0.29) is 0 Å². The maximum atomic E-state index is 5.75. The van der Waals surface area contributed by atoms with Gasteiger partial charge in [0.05, 0.1) is 17.6 Å². The Labute approximate surface area is 93.5 Å². The molecule has 84 valence electrons. The number of anilines is 2. The van der Waals surface area contributed by atoms with Gasteiger partial charge in [0.25, 0.3) is 0 Å². The molecule has 6 heteroatoms. The van der Waals surface area contributed by atoms with Gasteiger partial charge in [0.2, 0.25) is 0 Å². The monoisotopic (exact) mass is 218 g/mol. The third kappa shape index (κ3) is 2.28. The van der Waals surface area contributed by atoms with Gasteiger partial charge in [-0.3, -0.25) is 4.98 Å². The molecule has 0 unspecified atom stereocenters. The summed E-state index contributed by atoms with van der Waals surface area (Å²) < 4.78 is 1.90. The minimum Gasteiger partial charge on any atom is -0.396 e. The van der Waals surface area contributed by atoms with Crippen LogP contribution in [0.25, 0.3) is 0 Å². The van der Waals surface area contributed by atoms with Crippen LogP contribution < -0.4 is 11.1 Å². The molecule has 0 atom stereocenters. The summed E-state index contributed by atoms with van der Waals surface area (Å²) in [5.74, 6) is 0.945. The number of aryl methyl sites for hydroxylation is 1. The molecule has 0 saturated carbocycles. The third-order valence-corrected chi connectivity index (χ3v) is 2.32. The van der Waals surface area contributed by atoms with E-state index in [9.17, 15) is 0 Å². The SMILES string of the molecule is Cn1cnnc1CCNc1ccncc1N. The number of rotatable bonds is 4. The Balaban J connectivity index is 1.89. The van der Waals surface area contributed by atoms with Crippen LogP contribution >= 0.6 is 0 Å². The Hall–Kier alpha value is -2.11. The second-order valence-corrected chi connectivity index (χ2v) is 3.50. The summed E-state index contributed by atoms with van der Waals surface area (Å²) in [4.78, 5) is 3.93. The van der Waals surface area contributed by atoms with Crippen LogP contribution in [0.5, 0.6) is 0 Å². The van der Waals surface area contributed by atoms with Crippen molar-refractivity contribution in [3.05, 3.63) is 30.6 Å². The molecular formula is C10H14N6. The lowest BCUT2D eigenvalue weighted by atomic mass is 10.3. The van der Waals surface area contributed by atoms with Gasteiger partial charge in [-0.05, 0) is 6.07 Å². The predicted molar refractivity (Wildman–Crippen MR) is 61.8 cm³/mol. The molecule has 2 aromatic heterocycles. The molecule has 6 nitrogen and oxygen atoms in total. The molecule has 2 aromatic rings. The number of nitrogen functional groups attached to an aromatic ring is 1. The first kappa shape index (κ1) is 10.4. The smallest absolute Gasteiger partial charge is 0.134 e. The van der Waals surface area contributed by atoms with Crippen LogP contribution in [0.15, 0.2) is 24.8 Å². The molecule has 0 saturated heterocycles. The number of hydrogen-bond donors (Lipinski definition) is 2. The summed E-state index contributed by atoms with van der Waals surface area (Å²) in [6.07, 6.45) is 5.83. The fraction of sp³-hybridized carbons (Fsp3) is 0.300. The molecule has 0 fully saturated rings. The fourth-order valence-electron chi connectivity index (χ4n) is 1.41. The van der Waals surface area contributed by atoms with E-state index in [0.717, 1.165) is 24.5 Å². The molecule has 0 radical (unpaired) electrons.